The Kier molecular flexibility index (Phi) is 13.0. The Balaban J connectivity index is 3.53. The SMILES string of the molecule is CCCO[Si](OCCC)(OCCC)c1ccc(OC(C)(C)CCC)c(OC(C)(C)CCC)c1. The molecular formula is C27H50O5Si. The summed E-state index contributed by atoms with van der Waals surface area (Å²) < 4.78 is 32.2. The average Bonchev–Trinajstić information content (AvgIpc) is 2.74. The quantitative estimate of drug-likeness (QED) is 0.210. The van der Waals surface area contributed by atoms with Crippen molar-refractivity contribution >= 4 is 14.0 Å². The molecule has 0 radical (unpaired) electrons. The molecule has 0 aliphatic heterocycles. The Labute approximate surface area is 204 Å². The molecule has 0 aliphatic rings. The molecule has 0 bridgehead atoms. The summed E-state index contributed by atoms with van der Waals surface area (Å²) in [4.78, 5) is 0. The number of hydrogen-bond acceptors (Lipinski definition) is 5. The minimum atomic E-state index is -3.09. The zero-order valence-electron chi connectivity index (χ0n) is 22.8. The lowest BCUT2D eigenvalue weighted by atomic mass is 10.0. The summed E-state index contributed by atoms with van der Waals surface area (Å²) in [7, 11) is -3.09. The first-order valence-corrected chi connectivity index (χ1v) is 14.8. The summed E-state index contributed by atoms with van der Waals surface area (Å²) in [5.41, 5.74) is -0.600. The van der Waals surface area contributed by atoms with Gasteiger partial charge in [-0.25, -0.2) is 0 Å². The predicted octanol–water partition coefficient (Wildman–Crippen LogP) is 7.03. The van der Waals surface area contributed by atoms with E-state index in [1.54, 1.807) is 0 Å². The second-order valence-corrected chi connectivity index (χ2v) is 12.5. The van der Waals surface area contributed by atoms with E-state index in [0.717, 1.165) is 61.6 Å². The van der Waals surface area contributed by atoms with Gasteiger partial charge in [0, 0.05) is 25.0 Å². The predicted molar refractivity (Wildman–Crippen MR) is 140 cm³/mol. The van der Waals surface area contributed by atoms with Crippen molar-refractivity contribution in [2.75, 3.05) is 19.8 Å². The molecule has 0 saturated carbocycles. The van der Waals surface area contributed by atoms with Crippen LogP contribution in [-0.4, -0.2) is 39.8 Å². The molecule has 0 heterocycles. The van der Waals surface area contributed by atoms with Gasteiger partial charge in [0.15, 0.2) is 11.5 Å². The second kappa shape index (κ2) is 14.3. The molecule has 1 aromatic carbocycles. The number of benzene rings is 1. The molecule has 33 heavy (non-hydrogen) atoms. The smallest absolute Gasteiger partial charge is 0.484 e. The maximum Gasteiger partial charge on any atom is 0.537 e. The highest BCUT2D eigenvalue weighted by molar-refractivity contribution is 6.75. The van der Waals surface area contributed by atoms with Gasteiger partial charge in [-0.05, 0) is 71.9 Å². The number of ether oxygens (including phenoxy) is 2. The van der Waals surface area contributed by atoms with E-state index >= 15 is 0 Å². The van der Waals surface area contributed by atoms with E-state index in [0.29, 0.717) is 19.8 Å². The fourth-order valence-corrected chi connectivity index (χ4v) is 6.61. The topological polar surface area (TPSA) is 46.2 Å². The minimum absolute atomic E-state index is 0.284. The van der Waals surface area contributed by atoms with E-state index in [9.17, 15) is 0 Å². The Morgan fingerprint density at radius 1 is 0.606 bits per heavy atom. The molecule has 0 N–H and O–H groups in total. The highest BCUT2D eigenvalue weighted by Crippen LogP contribution is 2.35. The van der Waals surface area contributed by atoms with Gasteiger partial charge in [0.25, 0.3) is 0 Å². The van der Waals surface area contributed by atoms with Crippen LogP contribution in [0.4, 0.5) is 0 Å². The molecular weight excluding hydrogens is 432 g/mol. The molecule has 0 atom stereocenters. The molecule has 0 saturated heterocycles. The van der Waals surface area contributed by atoms with Crippen LogP contribution < -0.4 is 14.7 Å². The van der Waals surface area contributed by atoms with Crippen LogP contribution in [0.3, 0.4) is 0 Å². The highest BCUT2D eigenvalue weighted by atomic mass is 28.4. The van der Waals surface area contributed by atoms with Crippen LogP contribution in [0.2, 0.25) is 0 Å². The molecule has 0 fully saturated rings. The van der Waals surface area contributed by atoms with E-state index in [2.05, 4.69) is 62.3 Å². The van der Waals surface area contributed by atoms with Gasteiger partial charge in [-0.1, -0.05) is 53.5 Å². The van der Waals surface area contributed by atoms with Gasteiger partial charge in [-0.15, -0.1) is 0 Å². The third kappa shape index (κ3) is 9.97. The van der Waals surface area contributed by atoms with Crippen LogP contribution in [0, 0.1) is 0 Å². The van der Waals surface area contributed by atoms with Gasteiger partial charge in [-0.3, -0.25) is 0 Å². The van der Waals surface area contributed by atoms with Crippen molar-refractivity contribution in [2.24, 2.45) is 0 Å². The molecule has 0 amide bonds. The fraction of sp³-hybridized carbons (Fsp3) is 0.778. The monoisotopic (exact) mass is 482 g/mol. The van der Waals surface area contributed by atoms with Crippen LogP contribution in [-0.2, 0) is 13.3 Å². The highest BCUT2D eigenvalue weighted by Gasteiger charge is 2.44. The Bertz CT molecular complexity index is 653. The molecule has 5 nitrogen and oxygen atoms in total. The van der Waals surface area contributed by atoms with Crippen LogP contribution in [0.5, 0.6) is 11.5 Å². The first-order valence-electron chi connectivity index (χ1n) is 13.0. The number of hydrogen-bond donors (Lipinski definition) is 0. The van der Waals surface area contributed by atoms with E-state index in [1.807, 2.05) is 18.2 Å². The first-order chi connectivity index (χ1) is 15.6. The van der Waals surface area contributed by atoms with Gasteiger partial charge >= 0.3 is 8.80 Å². The standard InChI is InChI=1S/C27H50O5Si/c1-10-17-26(6,7)31-24-16-15-23(22-25(24)32-27(8,9)18-11-2)33(28-19-12-3,29-20-13-4)30-21-14-5/h15-16,22H,10-14,17-21H2,1-9H3. The lowest BCUT2D eigenvalue weighted by Gasteiger charge is -2.33. The van der Waals surface area contributed by atoms with Crippen molar-refractivity contribution in [3.63, 3.8) is 0 Å². The molecule has 0 aromatic heterocycles. The Morgan fingerprint density at radius 3 is 1.42 bits per heavy atom. The van der Waals surface area contributed by atoms with Gasteiger partial charge in [0.05, 0.1) is 0 Å². The van der Waals surface area contributed by atoms with Gasteiger partial charge in [0.1, 0.15) is 11.2 Å². The maximum atomic E-state index is 6.58. The van der Waals surface area contributed by atoms with Crippen LogP contribution in [0.25, 0.3) is 0 Å². The van der Waals surface area contributed by atoms with Crippen molar-refractivity contribution < 1.29 is 22.8 Å². The molecule has 192 valence electrons. The summed E-state index contributed by atoms with van der Waals surface area (Å²) in [5.74, 6) is 1.48. The summed E-state index contributed by atoms with van der Waals surface area (Å²) in [6.07, 6.45) is 6.71. The second-order valence-electron chi connectivity index (χ2n) is 9.99. The van der Waals surface area contributed by atoms with E-state index in [-0.39, 0.29) is 11.2 Å². The molecule has 6 heteroatoms. The third-order valence-corrected chi connectivity index (χ3v) is 8.03. The van der Waals surface area contributed by atoms with E-state index < -0.39 is 8.80 Å². The summed E-state index contributed by atoms with van der Waals surface area (Å²) in [6, 6.07) is 6.10. The zero-order valence-corrected chi connectivity index (χ0v) is 23.8. The third-order valence-electron chi connectivity index (χ3n) is 5.26. The molecule has 0 unspecified atom stereocenters. The average molecular weight is 483 g/mol. The Hall–Kier alpha value is -1.08. The van der Waals surface area contributed by atoms with Crippen LogP contribution in [0.15, 0.2) is 18.2 Å². The number of rotatable bonds is 18. The summed E-state index contributed by atoms with van der Waals surface area (Å²) in [5, 5.41) is 0.931. The van der Waals surface area contributed by atoms with Crippen molar-refractivity contribution in [2.45, 2.75) is 118 Å². The van der Waals surface area contributed by atoms with Crippen molar-refractivity contribution in [3.8, 4) is 11.5 Å². The van der Waals surface area contributed by atoms with Gasteiger partial charge in [-0.2, -0.15) is 0 Å². The summed E-state index contributed by atoms with van der Waals surface area (Å²) >= 11 is 0. The van der Waals surface area contributed by atoms with Crippen molar-refractivity contribution in [1.82, 2.24) is 0 Å². The molecule has 1 rings (SSSR count). The van der Waals surface area contributed by atoms with Crippen LogP contribution in [0.1, 0.15) is 107 Å². The lowest BCUT2D eigenvalue weighted by Crippen LogP contribution is -2.57. The van der Waals surface area contributed by atoms with E-state index in [1.165, 1.54) is 0 Å². The van der Waals surface area contributed by atoms with Gasteiger partial charge in [0.2, 0.25) is 0 Å². The molecule has 1 aromatic rings. The maximum absolute atomic E-state index is 6.58. The van der Waals surface area contributed by atoms with Crippen molar-refractivity contribution in [1.29, 1.82) is 0 Å². The fourth-order valence-electron chi connectivity index (χ4n) is 3.85. The van der Waals surface area contributed by atoms with Crippen molar-refractivity contribution in [3.05, 3.63) is 18.2 Å². The molecule has 0 spiro atoms. The Morgan fingerprint density at radius 2 is 1.03 bits per heavy atom. The minimum Gasteiger partial charge on any atom is -0.484 e. The summed E-state index contributed by atoms with van der Waals surface area (Å²) in [6.45, 7) is 21.0. The normalized spacial score (nSPS) is 12.8. The largest absolute Gasteiger partial charge is 0.537 e. The first kappa shape index (κ1) is 29.9. The lowest BCUT2D eigenvalue weighted by molar-refractivity contribution is 0.0656. The van der Waals surface area contributed by atoms with Gasteiger partial charge < -0.3 is 22.8 Å². The van der Waals surface area contributed by atoms with E-state index in [4.69, 9.17) is 22.8 Å². The van der Waals surface area contributed by atoms with Crippen LogP contribution >= 0.6 is 0 Å². The molecule has 0 aliphatic carbocycles. The zero-order chi connectivity index (χ0) is 25.0.